The fourth-order valence-electron chi connectivity index (χ4n) is 2.31. The Kier molecular flexibility index (Phi) is 3.31. The van der Waals surface area contributed by atoms with E-state index in [9.17, 15) is 14.7 Å². The minimum atomic E-state index is -0.250. The number of hydrogen-bond acceptors (Lipinski definition) is 3. The fraction of sp³-hybridized carbons (Fsp3) is 0.125. The molecule has 0 saturated carbocycles. The van der Waals surface area contributed by atoms with E-state index in [1.54, 1.807) is 30.3 Å². The zero-order valence-corrected chi connectivity index (χ0v) is 11.2. The predicted molar refractivity (Wildman–Crippen MR) is 79.5 cm³/mol. The summed E-state index contributed by atoms with van der Waals surface area (Å²) in [5.41, 5.74) is 2.78. The quantitative estimate of drug-likeness (QED) is 0.792. The average Bonchev–Trinajstić information content (AvgIpc) is 2.46. The van der Waals surface area contributed by atoms with Crippen molar-refractivity contribution in [3.8, 4) is 5.75 Å². The van der Waals surface area contributed by atoms with Crippen LogP contribution in [0.2, 0.25) is 0 Å². The number of phenols is 1. The van der Waals surface area contributed by atoms with Gasteiger partial charge in [-0.15, -0.1) is 0 Å². The molecule has 2 aromatic rings. The van der Waals surface area contributed by atoms with Gasteiger partial charge in [-0.05, 0) is 42.3 Å². The third-order valence-electron chi connectivity index (χ3n) is 3.37. The van der Waals surface area contributed by atoms with Crippen molar-refractivity contribution in [2.75, 3.05) is 10.6 Å². The third-order valence-corrected chi connectivity index (χ3v) is 3.37. The van der Waals surface area contributed by atoms with E-state index in [4.69, 9.17) is 0 Å². The molecular formula is C16H14N2O3. The smallest absolute Gasteiger partial charge is 0.255 e. The number of phenolic OH excluding ortho intramolecular Hbond substituents is 1. The van der Waals surface area contributed by atoms with E-state index < -0.39 is 0 Å². The summed E-state index contributed by atoms with van der Waals surface area (Å²) in [6.07, 6.45) is 1.07. The molecule has 0 fully saturated rings. The van der Waals surface area contributed by atoms with Crippen LogP contribution in [0.1, 0.15) is 22.3 Å². The number of amides is 2. The van der Waals surface area contributed by atoms with Crippen LogP contribution in [0.5, 0.6) is 5.75 Å². The number of nitrogens with one attached hydrogen (secondary N) is 2. The highest BCUT2D eigenvalue weighted by atomic mass is 16.3. The molecule has 0 spiro atoms. The van der Waals surface area contributed by atoms with Crippen molar-refractivity contribution in [2.24, 2.45) is 0 Å². The molecule has 3 N–H and O–H groups in total. The average molecular weight is 282 g/mol. The molecule has 0 unspecified atom stereocenters. The van der Waals surface area contributed by atoms with Crippen molar-refractivity contribution >= 4 is 23.2 Å². The molecule has 106 valence electrons. The second-order valence-electron chi connectivity index (χ2n) is 4.92. The summed E-state index contributed by atoms with van der Waals surface area (Å²) in [5, 5.41) is 14.9. The minimum Gasteiger partial charge on any atom is -0.508 e. The second-order valence-corrected chi connectivity index (χ2v) is 4.92. The molecule has 0 bridgehead atoms. The van der Waals surface area contributed by atoms with E-state index in [0.29, 0.717) is 24.1 Å². The fourth-order valence-corrected chi connectivity index (χ4v) is 2.31. The summed E-state index contributed by atoms with van der Waals surface area (Å²) in [7, 11) is 0. The van der Waals surface area contributed by atoms with Crippen LogP contribution in [-0.4, -0.2) is 16.9 Å². The number of carbonyl (C=O) groups is 2. The Morgan fingerprint density at radius 3 is 2.81 bits per heavy atom. The van der Waals surface area contributed by atoms with Crippen molar-refractivity contribution in [3.05, 3.63) is 53.6 Å². The van der Waals surface area contributed by atoms with Crippen molar-refractivity contribution in [2.45, 2.75) is 12.8 Å². The third kappa shape index (κ3) is 2.86. The van der Waals surface area contributed by atoms with Gasteiger partial charge in [0, 0.05) is 29.4 Å². The molecule has 1 aliphatic heterocycles. The molecule has 0 aromatic heterocycles. The lowest BCUT2D eigenvalue weighted by atomic mass is 10.00. The van der Waals surface area contributed by atoms with E-state index in [0.717, 1.165) is 11.3 Å². The van der Waals surface area contributed by atoms with Crippen molar-refractivity contribution in [1.82, 2.24) is 0 Å². The zero-order chi connectivity index (χ0) is 14.8. The SMILES string of the molecule is O=C1CCc2cc(C(=O)Nc3cccc(O)c3)ccc2N1. The van der Waals surface area contributed by atoms with E-state index in [1.165, 1.54) is 12.1 Å². The maximum atomic E-state index is 12.2. The predicted octanol–water partition coefficient (Wildman–Crippen LogP) is 2.53. The van der Waals surface area contributed by atoms with Crippen LogP contribution in [0.15, 0.2) is 42.5 Å². The van der Waals surface area contributed by atoms with Gasteiger partial charge in [0.1, 0.15) is 5.75 Å². The standard InChI is InChI=1S/C16H14N2O3/c19-13-3-1-2-12(9-13)17-16(21)11-4-6-14-10(8-11)5-7-15(20)18-14/h1-4,6,8-9,19H,5,7H2,(H,17,21)(H,18,20). The van der Waals surface area contributed by atoms with Gasteiger partial charge in [-0.1, -0.05) is 6.07 Å². The van der Waals surface area contributed by atoms with Crippen LogP contribution >= 0.6 is 0 Å². The van der Waals surface area contributed by atoms with Crippen molar-refractivity contribution < 1.29 is 14.7 Å². The minimum absolute atomic E-state index is 0.000498. The van der Waals surface area contributed by atoms with Gasteiger partial charge in [0.25, 0.3) is 5.91 Å². The Hall–Kier alpha value is -2.82. The molecule has 2 aromatic carbocycles. The highest BCUT2D eigenvalue weighted by molar-refractivity contribution is 6.05. The Bertz CT molecular complexity index is 725. The highest BCUT2D eigenvalue weighted by Crippen LogP contribution is 2.24. The van der Waals surface area contributed by atoms with Gasteiger partial charge in [-0.3, -0.25) is 9.59 Å². The Morgan fingerprint density at radius 1 is 1.14 bits per heavy atom. The number of hydrogen-bond donors (Lipinski definition) is 3. The topological polar surface area (TPSA) is 78.4 Å². The number of aromatic hydroxyl groups is 1. The normalized spacial score (nSPS) is 13.2. The maximum Gasteiger partial charge on any atom is 0.255 e. The summed E-state index contributed by atoms with van der Waals surface area (Å²) in [6, 6.07) is 11.6. The summed E-state index contributed by atoms with van der Waals surface area (Å²) in [4.78, 5) is 23.5. The van der Waals surface area contributed by atoms with Crippen LogP contribution in [0.4, 0.5) is 11.4 Å². The van der Waals surface area contributed by atoms with Gasteiger partial charge in [0.2, 0.25) is 5.91 Å². The number of carbonyl (C=O) groups excluding carboxylic acids is 2. The summed E-state index contributed by atoms with van der Waals surface area (Å²) in [5.74, 6) is -0.152. The molecule has 3 rings (SSSR count). The lowest BCUT2D eigenvalue weighted by Gasteiger charge is -2.17. The van der Waals surface area contributed by atoms with Crippen LogP contribution < -0.4 is 10.6 Å². The monoisotopic (exact) mass is 282 g/mol. The highest BCUT2D eigenvalue weighted by Gasteiger charge is 2.16. The van der Waals surface area contributed by atoms with Gasteiger partial charge in [-0.2, -0.15) is 0 Å². The summed E-state index contributed by atoms with van der Waals surface area (Å²) < 4.78 is 0. The van der Waals surface area contributed by atoms with E-state index in [2.05, 4.69) is 10.6 Å². The van der Waals surface area contributed by atoms with Crippen molar-refractivity contribution in [3.63, 3.8) is 0 Å². The number of aryl methyl sites for hydroxylation is 1. The number of fused-ring (bicyclic) bond motifs is 1. The van der Waals surface area contributed by atoms with Crippen LogP contribution in [0.3, 0.4) is 0 Å². The van der Waals surface area contributed by atoms with Crippen LogP contribution in [0, 0.1) is 0 Å². The molecule has 5 nitrogen and oxygen atoms in total. The Balaban J connectivity index is 1.81. The summed E-state index contributed by atoms with van der Waals surface area (Å²) >= 11 is 0. The maximum absolute atomic E-state index is 12.2. The van der Waals surface area contributed by atoms with E-state index in [-0.39, 0.29) is 17.6 Å². The van der Waals surface area contributed by atoms with Gasteiger partial charge >= 0.3 is 0 Å². The number of rotatable bonds is 2. The molecule has 1 aliphatic rings. The Labute approximate surface area is 121 Å². The lowest BCUT2D eigenvalue weighted by Crippen LogP contribution is -2.20. The molecule has 2 amide bonds. The molecule has 0 radical (unpaired) electrons. The molecule has 1 heterocycles. The van der Waals surface area contributed by atoms with Gasteiger partial charge in [0.05, 0.1) is 0 Å². The first-order chi connectivity index (χ1) is 10.1. The van der Waals surface area contributed by atoms with Crippen LogP contribution in [0.25, 0.3) is 0 Å². The van der Waals surface area contributed by atoms with Gasteiger partial charge in [0.15, 0.2) is 0 Å². The van der Waals surface area contributed by atoms with Crippen molar-refractivity contribution in [1.29, 1.82) is 0 Å². The molecule has 0 saturated heterocycles. The van der Waals surface area contributed by atoms with Gasteiger partial charge in [-0.25, -0.2) is 0 Å². The van der Waals surface area contributed by atoms with E-state index in [1.807, 2.05) is 0 Å². The zero-order valence-electron chi connectivity index (χ0n) is 11.2. The molecule has 21 heavy (non-hydrogen) atoms. The lowest BCUT2D eigenvalue weighted by molar-refractivity contribution is -0.116. The summed E-state index contributed by atoms with van der Waals surface area (Å²) in [6.45, 7) is 0. The van der Waals surface area contributed by atoms with Gasteiger partial charge < -0.3 is 15.7 Å². The first kappa shape index (κ1) is 13.2. The van der Waals surface area contributed by atoms with E-state index >= 15 is 0 Å². The first-order valence-corrected chi connectivity index (χ1v) is 6.65. The molecule has 0 aliphatic carbocycles. The largest absolute Gasteiger partial charge is 0.508 e. The molecule has 5 heteroatoms. The van der Waals surface area contributed by atoms with Crippen LogP contribution in [-0.2, 0) is 11.2 Å². The first-order valence-electron chi connectivity index (χ1n) is 6.65. The number of benzene rings is 2. The molecular weight excluding hydrogens is 268 g/mol. The second kappa shape index (κ2) is 5.28. The molecule has 0 atom stereocenters. The number of anilines is 2. The Morgan fingerprint density at radius 2 is 2.00 bits per heavy atom.